The van der Waals surface area contributed by atoms with E-state index in [-0.39, 0.29) is 17.5 Å². The quantitative estimate of drug-likeness (QED) is 0.298. The van der Waals surface area contributed by atoms with Crippen molar-refractivity contribution in [2.24, 2.45) is 0 Å². The minimum absolute atomic E-state index is 0.129. The lowest BCUT2D eigenvalue weighted by atomic mass is 10.1. The molecular formula is C23H32N6O4. The van der Waals surface area contributed by atoms with Crippen LogP contribution >= 0.6 is 0 Å². The number of fused-ring (bicyclic) bond motifs is 2. The summed E-state index contributed by atoms with van der Waals surface area (Å²) in [6, 6.07) is 3.92. The van der Waals surface area contributed by atoms with E-state index < -0.39 is 16.9 Å². The van der Waals surface area contributed by atoms with E-state index in [1.807, 2.05) is 63.4 Å². The number of carbonyl (C=O) groups is 1. The SMILES string of the molecule is Cc1cc2nc3c(=O)[nH]c(=O)nc-3n(CCNCCCC(=O)OC(C)(C)C)c2cc1N(C)C. The van der Waals surface area contributed by atoms with Gasteiger partial charge in [-0.1, -0.05) is 0 Å². The minimum Gasteiger partial charge on any atom is -0.460 e. The fourth-order valence-corrected chi connectivity index (χ4v) is 3.71. The Bertz CT molecular complexity index is 1240. The maximum Gasteiger partial charge on any atom is 0.349 e. The van der Waals surface area contributed by atoms with E-state index in [9.17, 15) is 14.4 Å². The third-order valence-corrected chi connectivity index (χ3v) is 5.08. The van der Waals surface area contributed by atoms with Crippen molar-refractivity contribution in [2.75, 3.05) is 32.1 Å². The average molecular weight is 457 g/mol. The monoisotopic (exact) mass is 456 g/mol. The van der Waals surface area contributed by atoms with Crippen molar-refractivity contribution < 1.29 is 9.53 Å². The van der Waals surface area contributed by atoms with E-state index in [4.69, 9.17) is 4.74 Å². The second-order valence-corrected chi connectivity index (χ2v) is 9.27. The largest absolute Gasteiger partial charge is 0.460 e. The summed E-state index contributed by atoms with van der Waals surface area (Å²) in [5.74, 6) is 0.0307. The molecule has 1 aromatic rings. The number of nitrogens with one attached hydrogen (secondary N) is 2. The highest BCUT2D eigenvalue weighted by atomic mass is 16.6. The first kappa shape index (κ1) is 24.4. The smallest absolute Gasteiger partial charge is 0.349 e. The van der Waals surface area contributed by atoms with Crippen molar-refractivity contribution in [1.29, 1.82) is 0 Å². The fourth-order valence-electron chi connectivity index (χ4n) is 3.71. The maximum absolute atomic E-state index is 12.4. The van der Waals surface area contributed by atoms with Gasteiger partial charge in [0.15, 0.2) is 11.5 Å². The van der Waals surface area contributed by atoms with Crippen LogP contribution in [0.3, 0.4) is 0 Å². The molecule has 0 bridgehead atoms. The van der Waals surface area contributed by atoms with Gasteiger partial charge in [0.1, 0.15) is 5.60 Å². The van der Waals surface area contributed by atoms with Crippen molar-refractivity contribution in [3.8, 4) is 11.5 Å². The second-order valence-electron chi connectivity index (χ2n) is 9.27. The van der Waals surface area contributed by atoms with E-state index in [2.05, 4.69) is 20.3 Å². The fraction of sp³-hybridized carbons (Fsp3) is 0.522. The Balaban J connectivity index is 1.82. The van der Waals surface area contributed by atoms with Gasteiger partial charge >= 0.3 is 11.7 Å². The van der Waals surface area contributed by atoms with Crippen LogP contribution in [0.15, 0.2) is 21.7 Å². The van der Waals surface area contributed by atoms with Crippen molar-refractivity contribution in [1.82, 2.24) is 24.8 Å². The number of nitrogens with zero attached hydrogens (tertiary/aromatic N) is 4. The van der Waals surface area contributed by atoms with Crippen LogP contribution in [-0.4, -0.2) is 58.3 Å². The molecule has 1 aromatic carbocycles. The molecule has 0 fully saturated rings. The predicted molar refractivity (Wildman–Crippen MR) is 128 cm³/mol. The average Bonchev–Trinajstić information content (AvgIpc) is 2.68. The van der Waals surface area contributed by atoms with Gasteiger partial charge in [-0.05, 0) is 58.4 Å². The van der Waals surface area contributed by atoms with Crippen molar-refractivity contribution in [2.45, 2.75) is 52.7 Å². The summed E-state index contributed by atoms with van der Waals surface area (Å²) in [6.07, 6.45) is 0.977. The summed E-state index contributed by atoms with van der Waals surface area (Å²) in [5, 5.41) is 3.31. The molecule has 3 rings (SSSR count). The van der Waals surface area contributed by atoms with Crippen LogP contribution in [0.1, 0.15) is 39.2 Å². The molecule has 0 saturated heterocycles. The molecule has 0 unspecified atom stereocenters. The standard InChI is InChI=1S/C23H32N6O4/c1-14-12-15-17(13-16(14)28(5)6)29(20-19(25-15)21(31)27-22(32)26-20)11-10-24-9-7-8-18(30)33-23(2,3)4/h12-13,24H,7-11H2,1-6H3,(H,27,31,32). The number of aromatic nitrogens is 4. The molecule has 0 aliphatic carbocycles. The van der Waals surface area contributed by atoms with Crippen molar-refractivity contribution in [3.05, 3.63) is 38.5 Å². The zero-order chi connectivity index (χ0) is 24.3. The number of rotatable bonds is 8. The number of aromatic amines is 1. The highest BCUT2D eigenvalue weighted by Crippen LogP contribution is 2.27. The van der Waals surface area contributed by atoms with E-state index >= 15 is 0 Å². The van der Waals surface area contributed by atoms with Crippen LogP contribution < -0.4 is 21.5 Å². The number of hydrogen-bond donors (Lipinski definition) is 2. The Morgan fingerprint density at radius 2 is 1.91 bits per heavy atom. The Hall–Kier alpha value is -3.27. The van der Waals surface area contributed by atoms with Gasteiger partial charge in [0.2, 0.25) is 0 Å². The minimum atomic E-state index is -0.701. The molecule has 0 spiro atoms. The number of benzene rings is 1. The highest BCUT2D eigenvalue weighted by Gasteiger charge is 2.20. The highest BCUT2D eigenvalue weighted by molar-refractivity contribution is 5.84. The maximum atomic E-state index is 12.4. The van der Waals surface area contributed by atoms with Crippen LogP contribution in [0.4, 0.5) is 5.69 Å². The lowest BCUT2D eigenvalue weighted by Crippen LogP contribution is -2.30. The summed E-state index contributed by atoms with van der Waals surface area (Å²) in [6.45, 7) is 9.18. The van der Waals surface area contributed by atoms with Crippen molar-refractivity contribution >= 4 is 22.7 Å². The van der Waals surface area contributed by atoms with Crippen LogP contribution in [-0.2, 0) is 16.1 Å². The Morgan fingerprint density at radius 3 is 2.58 bits per heavy atom. The van der Waals surface area contributed by atoms with Crippen LogP contribution in [0.5, 0.6) is 0 Å². The number of aryl methyl sites for hydroxylation is 1. The van der Waals surface area contributed by atoms with Gasteiger partial charge in [0.25, 0.3) is 5.56 Å². The van der Waals surface area contributed by atoms with Gasteiger partial charge in [0, 0.05) is 39.3 Å². The predicted octanol–water partition coefficient (Wildman–Crippen LogP) is 1.67. The number of carbonyl (C=O) groups excluding carboxylic acids is 1. The van der Waals surface area contributed by atoms with Crippen molar-refractivity contribution in [3.63, 3.8) is 0 Å². The molecule has 2 N–H and O–H groups in total. The Morgan fingerprint density at radius 1 is 1.18 bits per heavy atom. The third kappa shape index (κ3) is 5.95. The van der Waals surface area contributed by atoms with Crippen LogP contribution in [0.25, 0.3) is 22.6 Å². The second kappa shape index (κ2) is 9.70. The lowest BCUT2D eigenvalue weighted by molar-refractivity contribution is -0.154. The van der Waals surface area contributed by atoms with E-state index in [1.54, 1.807) is 0 Å². The molecule has 0 saturated carbocycles. The molecular weight excluding hydrogens is 424 g/mol. The molecule has 2 heterocycles. The van der Waals surface area contributed by atoms with Gasteiger partial charge in [-0.25, -0.2) is 9.78 Å². The number of hydrogen-bond acceptors (Lipinski definition) is 8. The number of H-pyrrole nitrogens is 1. The molecule has 2 aliphatic rings. The molecule has 0 atom stereocenters. The van der Waals surface area contributed by atoms with Gasteiger partial charge in [-0.3, -0.25) is 14.6 Å². The zero-order valence-electron chi connectivity index (χ0n) is 20.1. The summed E-state index contributed by atoms with van der Waals surface area (Å²) < 4.78 is 7.17. The van der Waals surface area contributed by atoms with Gasteiger partial charge in [0.05, 0.1) is 11.0 Å². The van der Waals surface area contributed by atoms with Crippen LogP contribution in [0.2, 0.25) is 0 Å². The molecule has 10 heteroatoms. The zero-order valence-corrected chi connectivity index (χ0v) is 20.1. The summed E-state index contributed by atoms with van der Waals surface area (Å²) in [4.78, 5) is 48.9. The molecule has 0 radical (unpaired) electrons. The number of esters is 1. The molecule has 33 heavy (non-hydrogen) atoms. The molecule has 0 amide bonds. The van der Waals surface area contributed by atoms with E-state index in [0.717, 1.165) is 16.8 Å². The van der Waals surface area contributed by atoms with Gasteiger partial charge in [-0.15, -0.1) is 0 Å². The first-order valence-corrected chi connectivity index (χ1v) is 11.0. The van der Waals surface area contributed by atoms with E-state index in [0.29, 0.717) is 38.0 Å². The van der Waals surface area contributed by atoms with Gasteiger partial charge < -0.3 is 19.5 Å². The first-order chi connectivity index (χ1) is 15.5. The summed E-state index contributed by atoms with van der Waals surface area (Å²) in [7, 11) is 3.91. The molecule has 0 aromatic heterocycles. The molecule has 178 valence electrons. The summed E-state index contributed by atoms with van der Waals surface area (Å²) >= 11 is 0. The topological polar surface area (TPSA) is 122 Å². The van der Waals surface area contributed by atoms with Crippen LogP contribution in [0, 0.1) is 6.92 Å². The molecule has 10 nitrogen and oxygen atoms in total. The summed E-state index contributed by atoms with van der Waals surface area (Å²) in [5.41, 5.74) is 1.86. The first-order valence-electron chi connectivity index (χ1n) is 11.0. The number of ether oxygens (including phenoxy) is 1. The normalized spacial score (nSPS) is 11.8. The molecule has 2 aliphatic heterocycles. The Labute approximate surface area is 192 Å². The van der Waals surface area contributed by atoms with Gasteiger partial charge in [-0.2, -0.15) is 4.98 Å². The number of anilines is 1. The van der Waals surface area contributed by atoms with E-state index in [1.165, 1.54) is 0 Å². The third-order valence-electron chi connectivity index (χ3n) is 5.08. The Kier molecular flexibility index (Phi) is 7.16. The lowest BCUT2D eigenvalue weighted by Gasteiger charge is -2.21.